The van der Waals surface area contributed by atoms with Crippen LogP contribution in [0.2, 0.25) is 0 Å². The monoisotopic (exact) mass is 480 g/mol. The van der Waals surface area contributed by atoms with Gasteiger partial charge in [0.2, 0.25) is 0 Å². The summed E-state index contributed by atoms with van der Waals surface area (Å²) in [5, 5.41) is 8.72. The van der Waals surface area contributed by atoms with Crippen LogP contribution in [0, 0.1) is 0 Å². The fourth-order valence-corrected chi connectivity index (χ4v) is 4.50. The number of ether oxygens (including phenoxy) is 1. The highest BCUT2D eigenvalue weighted by atomic mass is 16.5. The lowest BCUT2D eigenvalue weighted by atomic mass is 10.0. The number of carboxylic acid groups (broad SMARTS) is 1. The molecule has 0 heterocycles. The van der Waals surface area contributed by atoms with Crippen LogP contribution in [-0.2, 0) is 14.3 Å². The van der Waals surface area contributed by atoms with E-state index in [4.69, 9.17) is 9.84 Å². The van der Waals surface area contributed by atoms with Crippen molar-refractivity contribution in [3.8, 4) is 0 Å². The summed E-state index contributed by atoms with van der Waals surface area (Å²) in [6, 6.07) is 0. The average molecular weight is 481 g/mol. The zero-order valence-corrected chi connectivity index (χ0v) is 22.7. The molecule has 0 spiro atoms. The highest BCUT2D eigenvalue weighted by molar-refractivity contribution is 5.90. The smallest absolute Gasteiger partial charge is 0.331 e. The van der Waals surface area contributed by atoms with Crippen molar-refractivity contribution in [2.45, 2.75) is 168 Å². The van der Waals surface area contributed by atoms with E-state index in [1.165, 1.54) is 122 Å². The van der Waals surface area contributed by atoms with E-state index >= 15 is 0 Å². The number of carbonyl (C=O) groups is 2. The summed E-state index contributed by atoms with van der Waals surface area (Å²) in [6.45, 7) is 4.51. The molecule has 0 aliphatic heterocycles. The maximum atomic E-state index is 12.0. The Kier molecular flexibility index (Phi) is 25.3. The van der Waals surface area contributed by atoms with Crippen LogP contribution in [0.25, 0.3) is 0 Å². The van der Waals surface area contributed by atoms with Gasteiger partial charge >= 0.3 is 11.9 Å². The molecule has 4 heteroatoms. The first-order valence-electron chi connectivity index (χ1n) is 14.7. The van der Waals surface area contributed by atoms with E-state index in [1.54, 1.807) is 0 Å². The van der Waals surface area contributed by atoms with Crippen molar-refractivity contribution in [3.05, 3.63) is 12.2 Å². The Bertz CT molecular complexity index is 486. The zero-order chi connectivity index (χ0) is 25.1. The predicted molar refractivity (Wildman–Crippen MR) is 144 cm³/mol. The molecule has 4 nitrogen and oxygen atoms in total. The lowest BCUT2D eigenvalue weighted by molar-refractivity contribution is -0.144. The molecular formula is C30H56O4. The van der Waals surface area contributed by atoms with E-state index in [-0.39, 0.29) is 6.10 Å². The fraction of sp³-hybridized carbons (Fsp3) is 0.867. The highest BCUT2D eigenvalue weighted by Gasteiger charge is 2.13. The van der Waals surface area contributed by atoms with Crippen molar-refractivity contribution in [3.63, 3.8) is 0 Å². The van der Waals surface area contributed by atoms with Crippen LogP contribution in [0.15, 0.2) is 12.2 Å². The Morgan fingerprint density at radius 2 is 0.882 bits per heavy atom. The Labute approximate surface area is 211 Å². The van der Waals surface area contributed by atoms with Crippen LogP contribution in [0.4, 0.5) is 0 Å². The van der Waals surface area contributed by atoms with E-state index in [9.17, 15) is 9.59 Å². The first-order chi connectivity index (χ1) is 16.6. The van der Waals surface area contributed by atoms with Crippen molar-refractivity contribution in [2.24, 2.45) is 0 Å². The molecule has 0 aromatic rings. The number of hydrogen-bond donors (Lipinski definition) is 1. The third-order valence-electron chi connectivity index (χ3n) is 6.65. The molecule has 0 aromatic carbocycles. The van der Waals surface area contributed by atoms with Crippen LogP contribution >= 0.6 is 0 Å². The summed E-state index contributed by atoms with van der Waals surface area (Å²) in [6.07, 6.45) is 30.9. The van der Waals surface area contributed by atoms with Crippen molar-refractivity contribution in [1.82, 2.24) is 0 Å². The standard InChI is InChI=1S/C30H56O4/c1-3-5-7-9-11-13-15-17-19-21-23-25-28(34-30(33)27-26-29(31)32)24-22-20-18-16-14-12-10-8-6-4-2/h26-28H,3-25H2,1-2H3,(H,31,32). The van der Waals surface area contributed by atoms with Crippen LogP contribution in [-0.4, -0.2) is 23.1 Å². The van der Waals surface area contributed by atoms with E-state index < -0.39 is 11.9 Å². The Balaban J connectivity index is 3.98. The second-order valence-electron chi connectivity index (χ2n) is 10.0. The van der Waals surface area contributed by atoms with Gasteiger partial charge in [-0.15, -0.1) is 0 Å². The summed E-state index contributed by atoms with van der Waals surface area (Å²) in [5.74, 6) is -1.64. The minimum absolute atomic E-state index is 0.0847. The van der Waals surface area contributed by atoms with Gasteiger partial charge in [0.1, 0.15) is 6.10 Å². The van der Waals surface area contributed by atoms with Crippen molar-refractivity contribution in [1.29, 1.82) is 0 Å². The number of aliphatic carboxylic acids is 1. The summed E-state index contributed by atoms with van der Waals surface area (Å²) in [4.78, 5) is 22.6. The number of unbranched alkanes of at least 4 members (excludes halogenated alkanes) is 19. The number of rotatable bonds is 26. The van der Waals surface area contributed by atoms with Gasteiger partial charge in [0, 0.05) is 12.2 Å². The molecule has 1 unspecified atom stereocenters. The minimum atomic E-state index is -1.12. The van der Waals surface area contributed by atoms with E-state index in [1.807, 2.05) is 0 Å². The van der Waals surface area contributed by atoms with Gasteiger partial charge in [0.05, 0.1) is 0 Å². The summed E-state index contributed by atoms with van der Waals surface area (Å²) in [5.41, 5.74) is 0. The molecule has 0 aliphatic rings. The van der Waals surface area contributed by atoms with Gasteiger partial charge in [-0.05, 0) is 25.7 Å². The maximum absolute atomic E-state index is 12.0. The topological polar surface area (TPSA) is 63.6 Å². The molecule has 1 N–H and O–H groups in total. The van der Waals surface area contributed by atoms with Crippen LogP contribution in [0.1, 0.15) is 162 Å². The molecule has 0 aliphatic carbocycles. The Morgan fingerprint density at radius 1 is 0.559 bits per heavy atom. The first-order valence-corrected chi connectivity index (χ1v) is 14.7. The third-order valence-corrected chi connectivity index (χ3v) is 6.65. The van der Waals surface area contributed by atoms with E-state index in [2.05, 4.69) is 13.8 Å². The first kappa shape index (κ1) is 32.7. The van der Waals surface area contributed by atoms with Gasteiger partial charge in [-0.25, -0.2) is 9.59 Å². The molecule has 0 bridgehead atoms. The molecule has 0 fully saturated rings. The normalized spacial score (nSPS) is 12.3. The number of carboxylic acids is 1. The van der Waals surface area contributed by atoms with Crippen LogP contribution < -0.4 is 0 Å². The summed E-state index contributed by atoms with van der Waals surface area (Å²) in [7, 11) is 0. The number of esters is 1. The lowest BCUT2D eigenvalue weighted by Gasteiger charge is -2.17. The molecule has 0 saturated heterocycles. The van der Waals surface area contributed by atoms with E-state index in [0.717, 1.165) is 37.8 Å². The van der Waals surface area contributed by atoms with Crippen LogP contribution in [0.5, 0.6) is 0 Å². The third kappa shape index (κ3) is 25.3. The summed E-state index contributed by atoms with van der Waals surface area (Å²) < 4.78 is 5.59. The van der Waals surface area contributed by atoms with Gasteiger partial charge in [0.25, 0.3) is 0 Å². The highest BCUT2D eigenvalue weighted by Crippen LogP contribution is 2.18. The molecule has 0 rings (SSSR count). The van der Waals surface area contributed by atoms with Gasteiger partial charge in [0.15, 0.2) is 0 Å². The van der Waals surface area contributed by atoms with Crippen molar-refractivity contribution >= 4 is 11.9 Å². The molecule has 0 radical (unpaired) electrons. The minimum Gasteiger partial charge on any atom is -0.478 e. The van der Waals surface area contributed by atoms with Gasteiger partial charge in [-0.2, -0.15) is 0 Å². The van der Waals surface area contributed by atoms with E-state index in [0.29, 0.717) is 0 Å². The number of hydrogen-bond acceptors (Lipinski definition) is 3. The van der Waals surface area contributed by atoms with Gasteiger partial charge in [-0.1, -0.05) is 136 Å². The second-order valence-corrected chi connectivity index (χ2v) is 10.0. The van der Waals surface area contributed by atoms with Crippen molar-refractivity contribution < 1.29 is 19.4 Å². The second kappa shape index (κ2) is 26.3. The predicted octanol–water partition coefficient (Wildman–Crippen LogP) is 9.55. The molecule has 1 atom stereocenters. The van der Waals surface area contributed by atoms with Crippen LogP contribution in [0.3, 0.4) is 0 Å². The Morgan fingerprint density at radius 3 is 1.21 bits per heavy atom. The Hall–Kier alpha value is -1.32. The SMILES string of the molecule is CCCCCCCCCCCCCC(CCCCCCCCCCCC)OC(=O)C=CC(=O)O. The number of carbonyl (C=O) groups excluding carboxylic acids is 1. The largest absolute Gasteiger partial charge is 0.478 e. The zero-order valence-electron chi connectivity index (χ0n) is 22.7. The fourth-order valence-electron chi connectivity index (χ4n) is 4.50. The molecule has 34 heavy (non-hydrogen) atoms. The van der Waals surface area contributed by atoms with Gasteiger partial charge < -0.3 is 9.84 Å². The summed E-state index contributed by atoms with van der Waals surface area (Å²) >= 11 is 0. The molecule has 0 amide bonds. The molecule has 200 valence electrons. The molecule has 0 saturated carbocycles. The van der Waals surface area contributed by atoms with Gasteiger partial charge in [-0.3, -0.25) is 0 Å². The average Bonchev–Trinajstić information content (AvgIpc) is 2.82. The molecular weight excluding hydrogens is 424 g/mol. The lowest BCUT2D eigenvalue weighted by Crippen LogP contribution is -2.17. The quantitative estimate of drug-likeness (QED) is 0.0760. The van der Waals surface area contributed by atoms with Crippen molar-refractivity contribution in [2.75, 3.05) is 0 Å². The molecule has 0 aromatic heterocycles. The maximum Gasteiger partial charge on any atom is 0.331 e.